The highest BCUT2D eigenvalue weighted by atomic mass is 79.9. The number of methoxy groups -OCH3 is 1. The number of halogens is 1. The van der Waals surface area contributed by atoms with Gasteiger partial charge in [0, 0.05) is 10.0 Å². The molecule has 2 nitrogen and oxygen atoms in total. The second-order valence-electron chi connectivity index (χ2n) is 3.50. The van der Waals surface area contributed by atoms with Gasteiger partial charge in [-0.2, -0.15) is 0 Å². The fourth-order valence-electron chi connectivity index (χ4n) is 1.75. The minimum atomic E-state index is -0.222. The van der Waals surface area contributed by atoms with Crippen molar-refractivity contribution in [3.8, 4) is 0 Å². The first-order chi connectivity index (χ1) is 7.20. The number of ether oxygens (including phenoxy) is 1. The molecule has 0 radical (unpaired) electrons. The van der Waals surface area contributed by atoms with Gasteiger partial charge in [-0.05, 0) is 42.2 Å². The Balaban J connectivity index is 2.39. The maximum Gasteiger partial charge on any atom is 0.333 e. The average Bonchev–Trinajstić information content (AvgIpc) is 2.27. The Morgan fingerprint density at radius 2 is 2.20 bits per heavy atom. The highest BCUT2D eigenvalue weighted by molar-refractivity contribution is 9.10. The standard InChI is InChI=1S/C12H11BrO2/c1-15-12(14)9-3-2-8-4-5-11(13)7-10(8)6-9/h4-7H,2-3H2,1H3. The smallest absolute Gasteiger partial charge is 0.333 e. The summed E-state index contributed by atoms with van der Waals surface area (Å²) in [6, 6.07) is 6.14. The summed E-state index contributed by atoms with van der Waals surface area (Å²) in [6.45, 7) is 0. The molecule has 1 aliphatic carbocycles. The molecule has 0 saturated carbocycles. The molecule has 3 heteroatoms. The monoisotopic (exact) mass is 266 g/mol. The van der Waals surface area contributed by atoms with Gasteiger partial charge in [0.25, 0.3) is 0 Å². The molecule has 0 N–H and O–H groups in total. The summed E-state index contributed by atoms with van der Waals surface area (Å²) in [4.78, 5) is 11.4. The third kappa shape index (κ3) is 2.12. The average molecular weight is 267 g/mol. The highest BCUT2D eigenvalue weighted by Crippen LogP contribution is 2.27. The van der Waals surface area contributed by atoms with Crippen LogP contribution in [-0.4, -0.2) is 13.1 Å². The fourth-order valence-corrected chi connectivity index (χ4v) is 2.13. The second-order valence-corrected chi connectivity index (χ2v) is 4.42. The minimum Gasteiger partial charge on any atom is -0.466 e. The summed E-state index contributed by atoms with van der Waals surface area (Å²) in [5.74, 6) is -0.222. The lowest BCUT2D eigenvalue weighted by Gasteiger charge is -2.15. The van der Waals surface area contributed by atoms with Crippen molar-refractivity contribution < 1.29 is 9.53 Å². The Bertz CT molecular complexity index is 435. The molecule has 78 valence electrons. The molecule has 1 aromatic carbocycles. The zero-order valence-corrected chi connectivity index (χ0v) is 10.0. The van der Waals surface area contributed by atoms with Crippen LogP contribution in [0.5, 0.6) is 0 Å². The van der Waals surface area contributed by atoms with Crippen LogP contribution in [0, 0.1) is 0 Å². The van der Waals surface area contributed by atoms with Gasteiger partial charge in [0.05, 0.1) is 7.11 Å². The van der Waals surface area contributed by atoms with Crippen LogP contribution >= 0.6 is 15.9 Å². The van der Waals surface area contributed by atoms with Gasteiger partial charge in [0.1, 0.15) is 0 Å². The van der Waals surface area contributed by atoms with Crippen molar-refractivity contribution in [1.29, 1.82) is 0 Å². The maximum absolute atomic E-state index is 11.4. The van der Waals surface area contributed by atoms with Crippen LogP contribution in [0.15, 0.2) is 28.2 Å². The molecule has 0 atom stereocenters. The SMILES string of the molecule is COC(=O)C1=Cc2cc(Br)ccc2CC1. The minimum absolute atomic E-state index is 0.222. The molecular formula is C12H11BrO2. The summed E-state index contributed by atoms with van der Waals surface area (Å²) < 4.78 is 5.75. The lowest BCUT2D eigenvalue weighted by atomic mass is 9.92. The maximum atomic E-state index is 11.4. The summed E-state index contributed by atoms with van der Waals surface area (Å²) >= 11 is 3.42. The first kappa shape index (κ1) is 10.4. The number of carbonyl (C=O) groups excluding carboxylic acids is 1. The molecule has 0 fully saturated rings. The van der Waals surface area contributed by atoms with Gasteiger partial charge in [-0.15, -0.1) is 0 Å². The summed E-state index contributed by atoms with van der Waals surface area (Å²) in [7, 11) is 1.42. The molecule has 0 amide bonds. The van der Waals surface area contributed by atoms with Gasteiger partial charge in [-0.3, -0.25) is 0 Å². The van der Waals surface area contributed by atoms with Gasteiger partial charge in [-0.25, -0.2) is 4.79 Å². The van der Waals surface area contributed by atoms with E-state index in [9.17, 15) is 4.79 Å². The van der Waals surface area contributed by atoms with Gasteiger partial charge < -0.3 is 4.74 Å². The Morgan fingerprint density at radius 3 is 2.93 bits per heavy atom. The number of fused-ring (bicyclic) bond motifs is 1. The quantitative estimate of drug-likeness (QED) is 0.731. The van der Waals surface area contributed by atoms with E-state index in [4.69, 9.17) is 4.74 Å². The molecule has 0 bridgehead atoms. The first-order valence-electron chi connectivity index (χ1n) is 4.78. The van der Waals surface area contributed by atoms with Crippen molar-refractivity contribution in [2.75, 3.05) is 7.11 Å². The Kier molecular flexibility index (Phi) is 2.91. The van der Waals surface area contributed by atoms with Crippen molar-refractivity contribution >= 4 is 28.0 Å². The number of carbonyl (C=O) groups is 1. The van der Waals surface area contributed by atoms with Gasteiger partial charge in [0.15, 0.2) is 0 Å². The lowest BCUT2D eigenvalue weighted by Crippen LogP contribution is -2.09. The molecule has 0 saturated heterocycles. The number of hydrogen-bond acceptors (Lipinski definition) is 2. The summed E-state index contributed by atoms with van der Waals surface area (Å²) in [6.07, 6.45) is 3.58. The van der Waals surface area contributed by atoms with Crippen molar-refractivity contribution in [3.63, 3.8) is 0 Å². The van der Waals surface area contributed by atoms with E-state index in [1.165, 1.54) is 12.7 Å². The predicted octanol–water partition coefficient (Wildman–Crippen LogP) is 2.95. The molecule has 1 aliphatic rings. The van der Waals surface area contributed by atoms with Crippen LogP contribution in [0.1, 0.15) is 17.5 Å². The van der Waals surface area contributed by atoms with Crippen molar-refractivity contribution in [3.05, 3.63) is 39.4 Å². The van der Waals surface area contributed by atoms with Crippen molar-refractivity contribution in [2.24, 2.45) is 0 Å². The van der Waals surface area contributed by atoms with E-state index in [1.54, 1.807) is 0 Å². The lowest BCUT2D eigenvalue weighted by molar-refractivity contribution is -0.136. The molecular weight excluding hydrogens is 256 g/mol. The molecule has 0 heterocycles. The molecule has 2 rings (SSSR count). The van der Waals surface area contributed by atoms with Crippen LogP contribution in [0.3, 0.4) is 0 Å². The van der Waals surface area contributed by atoms with Gasteiger partial charge >= 0.3 is 5.97 Å². The topological polar surface area (TPSA) is 26.3 Å². The largest absolute Gasteiger partial charge is 0.466 e. The number of rotatable bonds is 1. The van der Waals surface area contributed by atoms with Crippen molar-refractivity contribution in [2.45, 2.75) is 12.8 Å². The van der Waals surface area contributed by atoms with Crippen LogP contribution in [-0.2, 0) is 16.0 Å². The zero-order valence-electron chi connectivity index (χ0n) is 8.42. The third-order valence-electron chi connectivity index (χ3n) is 2.55. The molecule has 1 aromatic rings. The van der Waals surface area contributed by atoms with Gasteiger partial charge in [0.2, 0.25) is 0 Å². The van der Waals surface area contributed by atoms with Crippen LogP contribution in [0.4, 0.5) is 0 Å². The van der Waals surface area contributed by atoms with E-state index in [1.807, 2.05) is 18.2 Å². The fraction of sp³-hybridized carbons (Fsp3) is 0.250. The number of benzene rings is 1. The van der Waals surface area contributed by atoms with Crippen LogP contribution < -0.4 is 0 Å². The number of aryl methyl sites for hydroxylation is 1. The number of esters is 1. The Labute approximate surface area is 97.1 Å². The molecule has 0 aromatic heterocycles. The van der Waals surface area contributed by atoms with E-state index in [2.05, 4.69) is 22.0 Å². The Hall–Kier alpha value is -1.09. The second kappa shape index (κ2) is 4.19. The third-order valence-corrected chi connectivity index (χ3v) is 3.04. The summed E-state index contributed by atoms with van der Waals surface area (Å²) in [5, 5.41) is 0. The van der Waals surface area contributed by atoms with E-state index < -0.39 is 0 Å². The molecule has 15 heavy (non-hydrogen) atoms. The van der Waals surface area contributed by atoms with Gasteiger partial charge in [-0.1, -0.05) is 22.0 Å². The first-order valence-corrected chi connectivity index (χ1v) is 5.57. The zero-order chi connectivity index (χ0) is 10.8. The van der Waals surface area contributed by atoms with E-state index in [0.29, 0.717) is 0 Å². The summed E-state index contributed by atoms with van der Waals surface area (Å²) in [5.41, 5.74) is 3.14. The van der Waals surface area contributed by atoms with Crippen molar-refractivity contribution in [1.82, 2.24) is 0 Å². The molecule has 0 spiro atoms. The number of hydrogen-bond donors (Lipinski definition) is 0. The highest BCUT2D eigenvalue weighted by Gasteiger charge is 2.16. The molecule has 0 aliphatic heterocycles. The van der Waals surface area contributed by atoms with E-state index in [0.717, 1.165) is 28.5 Å². The van der Waals surface area contributed by atoms with Crippen LogP contribution in [0.25, 0.3) is 6.08 Å². The molecule has 0 unspecified atom stereocenters. The van der Waals surface area contributed by atoms with E-state index >= 15 is 0 Å². The predicted molar refractivity (Wildman–Crippen MR) is 62.5 cm³/mol. The van der Waals surface area contributed by atoms with Crippen LogP contribution in [0.2, 0.25) is 0 Å². The van der Waals surface area contributed by atoms with E-state index in [-0.39, 0.29) is 5.97 Å². The normalized spacial score (nSPS) is 14.1. The Morgan fingerprint density at radius 1 is 1.40 bits per heavy atom.